The van der Waals surface area contributed by atoms with Crippen LogP contribution in [0.4, 0.5) is 0 Å². The van der Waals surface area contributed by atoms with E-state index < -0.39 is 0 Å². The van der Waals surface area contributed by atoms with E-state index in [2.05, 4.69) is 38.8 Å². The second kappa shape index (κ2) is 26.8. The van der Waals surface area contributed by atoms with Crippen LogP contribution in [0, 0.1) is 0 Å². The molecule has 0 atom stereocenters. The Hall–Kier alpha value is -2.08. The summed E-state index contributed by atoms with van der Waals surface area (Å²) < 4.78 is 17.4. The lowest BCUT2D eigenvalue weighted by Crippen LogP contribution is -2.47. The van der Waals surface area contributed by atoms with Crippen molar-refractivity contribution in [3.8, 4) is 0 Å². The van der Waals surface area contributed by atoms with Gasteiger partial charge in [-0.05, 0) is 69.6 Å². The lowest BCUT2D eigenvalue weighted by molar-refractivity contribution is -0.145. The number of piperidine rings is 2. The Morgan fingerprint density at radius 1 is 0.894 bits per heavy atom. The van der Waals surface area contributed by atoms with E-state index in [4.69, 9.17) is 14.2 Å². The van der Waals surface area contributed by atoms with Crippen LogP contribution in [0.5, 0.6) is 0 Å². The SMILES string of the molecule is C1CCCCC1.CC.CCO/C=C/c1ccc(Br)cc1C(=O)NCC(=O)N1CCC(OC2CCN(CC(=O)OCC)CC2)CC1.CS. The molecular formula is C36H60BrN3O6S. The number of esters is 1. The number of nitrogens with one attached hydrogen (secondary N) is 1. The highest BCUT2D eigenvalue weighted by Crippen LogP contribution is 2.22. The number of hydrogen-bond donors (Lipinski definition) is 2. The van der Waals surface area contributed by atoms with E-state index in [9.17, 15) is 14.4 Å². The van der Waals surface area contributed by atoms with Crippen LogP contribution in [-0.2, 0) is 23.8 Å². The maximum absolute atomic E-state index is 12.8. The largest absolute Gasteiger partial charge is 0.501 e. The number of hydrogen-bond acceptors (Lipinski definition) is 8. The topological polar surface area (TPSA) is 97.4 Å². The maximum atomic E-state index is 12.8. The molecule has 1 aromatic rings. The van der Waals surface area contributed by atoms with Gasteiger partial charge in [-0.1, -0.05) is 74.4 Å². The van der Waals surface area contributed by atoms with Gasteiger partial charge in [0.25, 0.3) is 5.91 Å². The molecule has 47 heavy (non-hydrogen) atoms. The van der Waals surface area contributed by atoms with Gasteiger partial charge in [0.1, 0.15) is 0 Å². The van der Waals surface area contributed by atoms with Crippen LogP contribution in [0.3, 0.4) is 0 Å². The molecule has 3 aliphatic rings. The Kier molecular flexibility index (Phi) is 24.5. The van der Waals surface area contributed by atoms with E-state index in [0.29, 0.717) is 44.0 Å². The first-order valence-electron chi connectivity index (χ1n) is 17.5. The molecule has 268 valence electrons. The minimum absolute atomic E-state index is 0.0512. The molecular weight excluding hydrogens is 682 g/mol. The molecule has 3 fully saturated rings. The van der Waals surface area contributed by atoms with Gasteiger partial charge in [0, 0.05) is 36.2 Å². The molecule has 0 aromatic heterocycles. The number of carbonyl (C=O) groups is 3. The molecule has 2 heterocycles. The van der Waals surface area contributed by atoms with Gasteiger partial charge in [0.15, 0.2) is 0 Å². The highest BCUT2D eigenvalue weighted by Gasteiger charge is 2.28. The lowest BCUT2D eigenvalue weighted by atomic mass is 10.0. The third kappa shape index (κ3) is 17.8. The smallest absolute Gasteiger partial charge is 0.320 e. The van der Waals surface area contributed by atoms with Crippen LogP contribution in [0.2, 0.25) is 0 Å². The fraction of sp³-hybridized carbons (Fsp3) is 0.694. The fourth-order valence-electron chi connectivity index (χ4n) is 5.62. The molecule has 1 N–H and O–H groups in total. The third-order valence-electron chi connectivity index (χ3n) is 8.04. The van der Waals surface area contributed by atoms with Crippen molar-refractivity contribution in [1.29, 1.82) is 0 Å². The second-order valence-corrected chi connectivity index (χ2v) is 12.2. The first kappa shape index (κ1) is 42.9. The number of rotatable bonds is 11. The number of halogens is 1. The molecule has 1 aliphatic carbocycles. The van der Waals surface area contributed by atoms with Gasteiger partial charge in [0.2, 0.25) is 5.91 Å². The molecule has 2 saturated heterocycles. The zero-order valence-corrected chi connectivity index (χ0v) is 31.9. The normalized spacial score (nSPS) is 17.2. The van der Waals surface area contributed by atoms with Gasteiger partial charge in [-0.15, -0.1) is 0 Å². The van der Waals surface area contributed by atoms with Crippen molar-refractivity contribution in [3.05, 3.63) is 40.1 Å². The fourth-order valence-corrected chi connectivity index (χ4v) is 5.98. The van der Waals surface area contributed by atoms with Crippen molar-refractivity contribution in [2.75, 3.05) is 58.7 Å². The van der Waals surface area contributed by atoms with Crippen molar-refractivity contribution in [3.63, 3.8) is 0 Å². The van der Waals surface area contributed by atoms with E-state index in [0.717, 1.165) is 43.2 Å². The monoisotopic (exact) mass is 741 g/mol. The molecule has 0 radical (unpaired) electrons. The van der Waals surface area contributed by atoms with E-state index in [1.165, 1.54) is 38.5 Å². The first-order chi connectivity index (χ1) is 22.9. The number of nitrogens with zero attached hydrogens (tertiary/aromatic N) is 2. The minimum atomic E-state index is -0.307. The third-order valence-corrected chi connectivity index (χ3v) is 8.54. The van der Waals surface area contributed by atoms with Crippen LogP contribution in [0.1, 0.15) is 108 Å². The van der Waals surface area contributed by atoms with Crippen LogP contribution >= 0.6 is 28.6 Å². The summed E-state index contributed by atoms with van der Waals surface area (Å²) >= 11 is 6.93. The van der Waals surface area contributed by atoms with Crippen LogP contribution in [0.15, 0.2) is 28.9 Å². The van der Waals surface area contributed by atoms with E-state index in [-0.39, 0.29) is 36.5 Å². The highest BCUT2D eigenvalue weighted by atomic mass is 79.9. The minimum Gasteiger partial charge on any atom is -0.501 e. The van der Waals surface area contributed by atoms with Crippen molar-refractivity contribution in [2.45, 2.75) is 104 Å². The molecule has 4 rings (SSSR count). The van der Waals surface area contributed by atoms with Gasteiger partial charge in [-0.25, -0.2) is 0 Å². The summed E-state index contributed by atoms with van der Waals surface area (Å²) in [6, 6.07) is 5.41. The summed E-state index contributed by atoms with van der Waals surface area (Å²) in [6.07, 6.45) is 17.6. The standard InChI is InChI=1S/C27H38BrN3O6.C6H12.C2H6.CH4S/c1-3-35-16-11-20-5-6-21(28)17-24(20)27(34)29-18-25(32)31-14-9-23(10-15-31)37-22-7-12-30(13-8-22)19-26(33)36-4-2;1-2-4-6-5-3-1;2*1-2/h5-6,11,16-17,22-23H,3-4,7-10,12-15,18-19H2,1-2H3,(H,29,34);1-6H2;1-2H3;2H,1H3/b16-11+;;;. The average Bonchev–Trinajstić information content (AvgIpc) is 3.12. The predicted molar refractivity (Wildman–Crippen MR) is 198 cm³/mol. The van der Waals surface area contributed by atoms with Gasteiger partial charge < -0.3 is 24.4 Å². The quantitative estimate of drug-likeness (QED) is 0.142. The molecule has 9 nitrogen and oxygen atoms in total. The van der Waals surface area contributed by atoms with Crippen molar-refractivity contribution in [2.24, 2.45) is 0 Å². The number of ether oxygens (including phenoxy) is 3. The number of amides is 2. The van der Waals surface area contributed by atoms with E-state index in [1.807, 2.05) is 39.8 Å². The first-order valence-corrected chi connectivity index (χ1v) is 19.2. The molecule has 11 heteroatoms. The number of likely N-dealkylation sites (tertiary alicyclic amines) is 2. The Balaban J connectivity index is 0.000000961. The van der Waals surface area contributed by atoms with E-state index in [1.54, 1.807) is 29.6 Å². The molecule has 2 aliphatic heterocycles. The maximum Gasteiger partial charge on any atom is 0.320 e. The predicted octanol–water partition coefficient (Wildman–Crippen LogP) is 7.13. The van der Waals surface area contributed by atoms with Gasteiger partial charge in [-0.2, -0.15) is 12.6 Å². The van der Waals surface area contributed by atoms with Crippen molar-refractivity contribution >= 4 is 52.4 Å². The lowest BCUT2D eigenvalue weighted by Gasteiger charge is -2.37. The van der Waals surface area contributed by atoms with Crippen LogP contribution in [-0.4, -0.2) is 98.5 Å². The zero-order valence-electron chi connectivity index (χ0n) is 29.4. The molecule has 0 spiro atoms. The highest BCUT2D eigenvalue weighted by molar-refractivity contribution is 9.10. The Morgan fingerprint density at radius 3 is 1.98 bits per heavy atom. The Labute approximate surface area is 298 Å². The number of benzene rings is 1. The van der Waals surface area contributed by atoms with E-state index >= 15 is 0 Å². The Morgan fingerprint density at radius 2 is 1.45 bits per heavy atom. The molecule has 2 amide bonds. The molecule has 0 bridgehead atoms. The van der Waals surface area contributed by atoms with Crippen molar-refractivity contribution < 1.29 is 28.6 Å². The number of thiol groups is 1. The molecule has 0 unspecified atom stereocenters. The summed E-state index contributed by atoms with van der Waals surface area (Å²) in [5.74, 6) is -0.579. The summed E-state index contributed by atoms with van der Waals surface area (Å²) in [5, 5.41) is 2.76. The van der Waals surface area contributed by atoms with Gasteiger partial charge in [-0.3, -0.25) is 19.3 Å². The summed E-state index contributed by atoms with van der Waals surface area (Å²) in [7, 11) is 0. The number of carbonyl (C=O) groups excluding carboxylic acids is 3. The van der Waals surface area contributed by atoms with Gasteiger partial charge in [0.05, 0.1) is 44.8 Å². The molecule has 1 saturated carbocycles. The van der Waals surface area contributed by atoms with Crippen LogP contribution < -0.4 is 5.32 Å². The zero-order chi connectivity index (χ0) is 34.9. The summed E-state index contributed by atoms with van der Waals surface area (Å²) in [4.78, 5) is 41.1. The van der Waals surface area contributed by atoms with Crippen LogP contribution in [0.25, 0.3) is 6.08 Å². The Bertz CT molecular complexity index is 1030. The van der Waals surface area contributed by atoms with Crippen molar-refractivity contribution in [1.82, 2.24) is 15.1 Å². The average molecular weight is 743 g/mol. The summed E-state index contributed by atoms with van der Waals surface area (Å²) in [5.41, 5.74) is 1.19. The second-order valence-electron chi connectivity index (χ2n) is 11.3. The molecule has 1 aromatic carbocycles. The summed E-state index contributed by atoms with van der Waals surface area (Å²) in [6.45, 7) is 11.8. The van der Waals surface area contributed by atoms with Gasteiger partial charge >= 0.3 is 5.97 Å².